The van der Waals surface area contributed by atoms with Gasteiger partial charge in [-0.1, -0.05) is 11.6 Å². The summed E-state index contributed by atoms with van der Waals surface area (Å²) in [5.74, 6) is 2.12. The standard InChI is InChI=1S/C17H26ClN3O2S.HI/c1-17(2,24-4)11-21-16(19-3)20-10-12-8-13(18)15-14(9-12)22-6-5-7-23-15;/h8-9H,5-7,10-11H2,1-4H3,(H2,19,20,21);1H. The Kier molecular flexibility index (Phi) is 9.51. The molecule has 0 amide bonds. The molecule has 25 heavy (non-hydrogen) atoms. The van der Waals surface area contributed by atoms with Gasteiger partial charge in [0.15, 0.2) is 17.5 Å². The van der Waals surface area contributed by atoms with Crippen molar-refractivity contribution >= 4 is 53.3 Å². The van der Waals surface area contributed by atoms with Crippen molar-refractivity contribution < 1.29 is 9.47 Å². The van der Waals surface area contributed by atoms with Crippen LogP contribution in [-0.2, 0) is 6.54 Å². The normalized spacial score (nSPS) is 14.4. The first kappa shape index (κ1) is 22.5. The maximum atomic E-state index is 6.33. The summed E-state index contributed by atoms with van der Waals surface area (Å²) < 4.78 is 11.5. The molecule has 1 aromatic carbocycles. The van der Waals surface area contributed by atoms with Gasteiger partial charge in [0.05, 0.1) is 18.2 Å². The summed E-state index contributed by atoms with van der Waals surface area (Å²) in [5.41, 5.74) is 1.02. The lowest BCUT2D eigenvalue weighted by molar-refractivity contribution is 0.297. The zero-order valence-electron chi connectivity index (χ0n) is 15.1. The fourth-order valence-corrected chi connectivity index (χ4v) is 2.67. The molecule has 8 heteroatoms. The van der Waals surface area contributed by atoms with Gasteiger partial charge in [0, 0.05) is 31.3 Å². The SMILES string of the molecule is CN=C(NCc1cc(Cl)c2c(c1)OCCCO2)NCC(C)(C)SC.I. The summed E-state index contributed by atoms with van der Waals surface area (Å²) in [6.07, 6.45) is 2.97. The third kappa shape index (κ3) is 6.94. The van der Waals surface area contributed by atoms with Gasteiger partial charge in [0.25, 0.3) is 0 Å². The molecule has 142 valence electrons. The van der Waals surface area contributed by atoms with Crippen molar-refractivity contribution in [3.05, 3.63) is 22.7 Å². The summed E-state index contributed by atoms with van der Waals surface area (Å²) in [5, 5.41) is 7.23. The summed E-state index contributed by atoms with van der Waals surface area (Å²) in [6.45, 7) is 7.10. The molecular formula is C17H27ClIN3O2S. The van der Waals surface area contributed by atoms with Gasteiger partial charge in [-0.2, -0.15) is 11.8 Å². The highest BCUT2D eigenvalue weighted by Crippen LogP contribution is 2.37. The monoisotopic (exact) mass is 499 g/mol. The van der Waals surface area contributed by atoms with E-state index in [1.165, 1.54) is 0 Å². The van der Waals surface area contributed by atoms with Gasteiger partial charge < -0.3 is 20.1 Å². The maximum Gasteiger partial charge on any atom is 0.191 e. The number of aliphatic imine (C=N–C) groups is 1. The van der Waals surface area contributed by atoms with E-state index in [1.54, 1.807) is 7.05 Å². The van der Waals surface area contributed by atoms with Crippen LogP contribution in [-0.4, -0.2) is 43.8 Å². The lowest BCUT2D eigenvalue weighted by Crippen LogP contribution is -2.42. The summed E-state index contributed by atoms with van der Waals surface area (Å²) in [6, 6.07) is 3.87. The van der Waals surface area contributed by atoms with Crippen LogP contribution in [0.4, 0.5) is 0 Å². The minimum Gasteiger partial charge on any atom is -0.489 e. The van der Waals surface area contributed by atoms with Gasteiger partial charge >= 0.3 is 0 Å². The molecule has 1 heterocycles. The molecule has 0 bridgehead atoms. The Bertz CT molecular complexity index is 600. The quantitative estimate of drug-likeness (QED) is 0.365. The average Bonchev–Trinajstić information content (AvgIpc) is 2.81. The van der Waals surface area contributed by atoms with E-state index in [0.717, 1.165) is 24.5 Å². The lowest BCUT2D eigenvalue weighted by atomic mass is 10.2. The second kappa shape index (κ2) is 10.6. The van der Waals surface area contributed by atoms with Crippen LogP contribution in [0.15, 0.2) is 17.1 Å². The Balaban J connectivity index is 0.00000312. The molecule has 0 saturated heterocycles. The molecule has 1 aromatic rings. The number of fused-ring (bicyclic) bond motifs is 1. The average molecular weight is 500 g/mol. The highest BCUT2D eigenvalue weighted by molar-refractivity contribution is 14.0. The number of nitrogens with zero attached hydrogens (tertiary/aromatic N) is 1. The van der Waals surface area contributed by atoms with Gasteiger partial charge in [-0.15, -0.1) is 24.0 Å². The molecule has 0 fully saturated rings. The number of benzene rings is 1. The van der Waals surface area contributed by atoms with Crippen molar-refractivity contribution in [3.8, 4) is 11.5 Å². The Morgan fingerprint density at radius 2 is 2.00 bits per heavy atom. The van der Waals surface area contributed by atoms with E-state index in [9.17, 15) is 0 Å². The lowest BCUT2D eigenvalue weighted by Gasteiger charge is -2.23. The number of hydrogen-bond acceptors (Lipinski definition) is 4. The van der Waals surface area contributed by atoms with E-state index < -0.39 is 0 Å². The van der Waals surface area contributed by atoms with Crippen LogP contribution in [0.25, 0.3) is 0 Å². The van der Waals surface area contributed by atoms with E-state index in [1.807, 2.05) is 23.9 Å². The smallest absolute Gasteiger partial charge is 0.191 e. The third-order valence-corrected chi connectivity index (χ3v) is 5.31. The summed E-state index contributed by atoms with van der Waals surface area (Å²) >= 11 is 8.15. The molecule has 2 N–H and O–H groups in total. The molecule has 0 aliphatic carbocycles. The fourth-order valence-electron chi connectivity index (χ4n) is 2.16. The first-order valence-electron chi connectivity index (χ1n) is 8.03. The van der Waals surface area contributed by atoms with Gasteiger partial charge in [-0.05, 0) is 37.8 Å². The molecule has 0 aromatic heterocycles. The molecular weight excluding hydrogens is 473 g/mol. The van der Waals surface area contributed by atoms with Gasteiger partial charge in [0.2, 0.25) is 0 Å². The molecule has 0 atom stereocenters. The molecule has 2 rings (SSSR count). The number of ether oxygens (including phenoxy) is 2. The van der Waals surface area contributed by atoms with Crippen molar-refractivity contribution in [2.45, 2.75) is 31.6 Å². The largest absolute Gasteiger partial charge is 0.489 e. The Morgan fingerprint density at radius 1 is 1.28 bits per heavy atom. The summed E-state index contributed by atoms with van der Waals surface area (Å²) in [7, 11) is 1.77. The third-order valence-electron chi connectivity index (χ3n) is 3.78. The van der Waals surface area contributed by atoms with Crippen molar-refractivity contribution in [2.75, 3.05) is 33.1 Å². The first-order valence-corrected chi connectivity index (χ1v) is 9.63. The Morgan fingerprint density at radius 3 is 2.68 bits per heavy atom. The molecule has 0 saturated carbocycles. The predicted molar refractivity (Wildman–Crippen MR) is 118 cm³/mol. The van der Waals surface area contributed by atoms with Crippen LogP contribution in [0, 0.1) is 0 Å². The van der Waals surface area contributed by atoms with Crippen molar-refractivity contribution in [3.63, 3.8) is 0 Å². The highest BCUT2D eigenvalue weighted by Gasteiger charge is 2.17. The van der Waals surface area contributed by atoms with Crippen LogP contribution in [0.5, 0.6) is 11.5 Å². The van der Waals surface area contributed by atoms with E-state index in [0.29, 0.717) is 36.3 Å². The molecule has 0 spiro atoms. The number of thioether (sulfide) groups is 1. The van der Waals surface area contributed by atoms with Crippen LogP contribution >= 0.6 is 47.3 Å². The number of nitrogens with one attached hydrogen (secondary N) is 2. The van der Waals surface area contributed by atoms with Crippen LogP contribution < -0.4 is 20.1 Å². The molecule has 0 radical (unpaired) electrons. The topological polar surface area (TPSA) is 54.9 Å². The number of hydrogen-bond donors (Lipinski definition) is 2. The van der Waals surface area contributed by atoms with Crippen LogP contribution in [0.3, 0.4) is 0 Å². The van der Waals surface area contributed by atoms with Crippen molar-refractivity contribution in [1.82, 2.24) is 10.6 Å². The van der Waals surface area contributed by atoms with Crippen LogP contribution in [0.1, 0.15) is 25.8 Å². The minimum absolute atomic E-state index is 0. The Labute approximate surface area is 176 Å². The van der Waals surface area contributed by atoms with E-state index in [2.05, 4.69) is 35.7 Å². The zero-order valence-corrected chi connectivity index (χ0v) is 19.1. The summed E-state index contributed by atoms with van der Waals surface area (Å²) in [4.78, 5) is 4.26. The first-order chi connectivity index (χ1) is 11.4. The van der Waals surface area contributed by atoms with Gasteiger partial charge in [0.1, 0.15) is 0 Å². The number of guanidine groups is 1. The van der Waals surface area contributed by atoms with Gasteiger partial charge in [-0.3, -0.25) is 4.99 Å². The second-order valence-electron chi connectivity index (χ2n) is 6.20. The number of halogens is 2. The van der Waals surface area contributed by atoms with Crippen LogP contribution in [0.2, 0.25) is 5.02 Å². The Hall–Kier alpha value is -0.540. The molecule has 5 nitrogen and oxygen atoms in total. The minimum atomic E-state index is 0. The molecule has 0 unspecified atom stereocenters. The van der Waals surface area contributed by atoms with Crippen molar-refractivity contribution in [1.29, 1.82) is 0 Å². The van der Waals surface area contributed by atoms with Crippen molar-refractivity contribution in [2.24, 2.45) is 4.99 Å². The molecule has 1 aliphatic rings. The zero-order chi connectivity index (χ0) is 17.6. The van der Waals surface area contributed by atoms with E-state index >= 15 is 0 Å². The van der Waals surface area contributed by atoms with E-state index in [-0.39, 0.29) is 28.7 Å². The highest BCUT2D eigenvalue weighted by atomic mass is 127. The molecule has 1 aliphatic heterocycles. The number of rotatable bonds is 5. The fraction of sp³-hybridized carbons (Fsp3) is 0.588. The second-order valence-corrected chi connectivity index (χ2v) is 8.12. The maximum absolute atomic E-state index is 6.33. The predicted octanol–water partition coefficient (Wildman–Crippen LogP) is 3.93. The van der Waals surface area contributed by atoms with Gasteiger partial charge in [-0.25, -0.2) is 0 Å². The van der Waals surface area contributed by atoms with E-state index in [4.69, 9.17) is 21.1 Å².